The largest absolute Gasteiger partial charge is 0.508 e. The van der Waals surface area contributed by atoms with Gasteiger partial charge in [0.15, 0.2) is 10.9 Å². The van der Waals surface area contributed by atoms with Gasteiger partial charge in [0.05, 0.1) is 5.56 Å². The van der Waals surface area contributed by atoms with Crippen LogP contribution in [0.2, 0.25) is 0 Å². The lowest BCUT2D eigenvalue weighted by Gasteiger charge is -2.14. The molecule has 1 aliphatic carbocycles. The molecule has 0 saturated heterocycles. The molecule has 2 aliphatic rings. The van der Waals surface area contributed by atoms with Crippen LogP contribution in [0.25, 0.3) is 56.1 Å². The van der Waals surface area contributed by atoms with E-state index in [1.165, 1.54) is 48.5 Å². The fourth-order valence-electron chi connectivity index (χ4n) is 4.61. The van der Waals surface area contributed by atoms with Crippen LogP contribution < -0.4 is 10.9 Å². The fraction of sp³-hybridized carbons (Fsp3) is 0. The van der Waals surface area contributed by atoms with Crippen LogP contribution >= 0.6 is 0 Å². The van der Waals surface area contributed by atoms with Crippen LogP contribution in [0.15, 0.2) is 91.2 Å². The van der Waals surface area contributed by atoms with Gasteiger partial charge < -0.3 is 39.5 Å². The molecule has 6 rings (SSSR count). The molecule has 0 fully saturated rings. The summed E-state index contributed by atoms with van der Waals surface area (Å²) in [5, 5.41) is 62.1. The first-order valence-electron chi connectivity index (χ1n) is 11.8. The molecule has 0 radical (unpaired) electrons. The summed E-state index contributed by atoms with van der Waals surface area (Å²) in [5.41, 5.74) is -1.13. The first-order valence-corrected chi connectivity index (χ1v) is 11.8. The van der Waals surface area contributed by atoms with Gasteiger partial charge in [0.25, 0.3) is 0 Å². The summed E-state index contributed by atoms with van der Waals surface area (Å²) in [6.07, 6.45) is 0. The van der Waals surface area contributed by atoms with Gasteiger partial charge in [-0.05, 0) is 42.5 Å². The average Bonchev–Trinajstić information content (AvgIpc) is 2.89. The summed E-state index contributed by atoms with van der Waals surface area (Å²) >= 11 is 0. The van der Waals surface area contributed by atoms with Gasteiger partial charge >= 0.3 is 0 Å². The minimum absolute atomic E-state index is 0.0221. The van der Waals surface area contributed by atoms with Crippen LogP contribution in [0.1, 0.15) is 0 Å². The number of benzene rings is 4. The van der Waals surface area contributed by atoms with Crippen molar-refractivity contribution >= 4 is 11.0 Å². The van der Waals surface area contributed by atoms with Crippen LogP contribution in [0, 0.1) is 0 Å². The predicted octanol–water partition coefficient (Wildman–Crippen LogP) is 5.09. The summed E-state index contributed by atoms with van der Waals surface area (Å²) in [7, 11) is 0. The van der Waals surface area contributed by atoms with Crippen LogP contribution in [0.5, 0.6) is 34.5 Å². The molecule has 40 heavy (non-hydrogen) atoms. The van der Waals surface area contributed by atoms with Crippen molar-refractivity contribution in [3.63, 3.8) is 0 Å². The zero-order chi connectivity index (χ0) is 28.3. The normalized spacial score (nSPS) is 11.3. The smallest absolute Gasteiger partial charge is 0.197 e. The molecule has 6 N–H and O–H groups in total. The molecular formula is C30H18O10. The number of rotatable bonds is 3. The summed E-state index contributed by atoms with van der Waals surface area (Å²) in [6.45, 7) is 0. The first kappa shape index (κ1) is 24.4. The van der Waals surface area contributed by atoms with Crippen molar-refractivity contribution in [2.24, 2.45) is 0 Å². The minimum atomic E-state index is -0.646. The van der Waals surface area contributed by atoms with Crippen LogP contribution in [0.3, 0.4) is 0 Å². The molecule has 1 aromatic heterocycles. The van der Waals surface area contributed by atoms with E-state index in [0.29, 0.717) is 5.56 Å². The van der Waals surface area contributed by atoms with E-state index >= 15 is 0 Å². The number of fused-ring (bicyclic) bond motifs is 2. The van der Waals surface area contributed by atoms with E-state index in [2.05, 4.69) is 0 Å². The summed E-state index contributed by atoms with van der Waals surface area (Å²) in [4.78, 5) is 25.2. The van der Waals surface area contributed by atoms with Crippen molar-refractivity contribution in [1.82, 2.24) is 0 Å². The SMILES string of the molecule is O=c1cc(O)cc2oc(-c3ccc(O)c(-c4c(O)cc5oc(-c6ccc(O)cc6)cc(=O)c5c4O)c3)cc(O)c1-2. The average molecular weight is 538 g/mol. The molecule has 198 valence electrons. The molecule has 0 saturated carbocycles. The second-order valence-electron chi connectivity index (χ2n) is 9.06. The second-order valence-corrected chi connectivity index (χ2v) is 9.06. The Hall–Kier alpha value is -5.90. The van der Waals surface area contributed by atoms with E-state index in [1.807, 2.05) is 0 Å². The highest BCUT2D eigenvalue weighted by molar-refractivity contribution is 5.97. The maximum Gasteiger partial charge on any atom is 0.197 e. The van der Waals surface area contributed by atoms with Crippen molar-refractivity contribution in [1.29, 1.82) is 0 Å². The molecule has 0 atom stereocenters. The fourth-order valence-corrected chi connectivity index (χ4v) is 4.61. The minimum Gasteiger partial charge on any atom is -0.508 e. The van der Waals surface area contributed by atoms with Crippen LogP contribution in [0.4, 0.5) is 0 Å². The monoisotopic (exact) mass is 538 g/mol. The Morgan fingerprint density at radius 1 is 0.500 bits per heavy atom. The molecule has 4 aromatic rings. The van der Waals surface area contributed by atoms with E-state index in [4.69, 9.17) is 8.83 Å². The molecule has 2 heterocycles. The third-order valence-electron chi connectivity index (χ3n) is 6.47. The second kappa shape index (κ2) is 8.84. The van der Waals surface area contributed by atoms with Gasteiger partial charge in [-0.25, -0.2) is 0 Å². The lowest BCUT2D eigenvalue weighted by molar-refractivity contribution is 0.451. The zero-order valence-corrected chi connectivity index (χ0v) is 20.2. The number of hydrogen-bond donors (Lipinski definition) is 6. The van der Waals surface area contributed by atoms with Crippen molar-refractivity contribution < 1.29 is 39.5 Å². The first-order chi connectivity index (χ1) is 19.1. The third-order valence-corrected chi connectivity index (χ3v) is 6.47. The number of phenols is 5. The Morgan fingerprint density at radius 2 is 1.18 bits per heavy atom. The van der Waals surface area contributed by atoms with Gasteiger partial charge in [-0.2, -0.15) is 0 Å². The topological polar surface area (TPSA) is 182 Å². The Labute approximate surface area is 223 Å². The maximum absolute atomic E-state index is 13.0. The van der Waals surface area contributed by atoms with E-state index in [1.54, 1.807) is 0 Å². The Morgan fingerprint density at radius 3 is 1.93 bits per heavy atom. The molecule has 0 unspecified atom stereocenters. The highest BCUT2D eigenvalue weighted by atomic mass is 16.3. The van der Waals surface area contributed by atoms with Gasteiger partial charge in [-0.1, -0.05) is 0 Å². The highest BCUT2D eigenvalue weighted by Crippen LogP contribution is 2.47. The Kier molecular flexibility index (Phi) is 5.40. The lowest BCUT2D eigenvalue weighted by atomic mass is 9.96. The zero-order valence-electron chi connectivity index (χ0n) is 20.2. The number of hydrogen-bond acceptors (Lipinski definition) is 10. The maximum atomic E-state index is 13.0. The van der Waals surface area contributed by atoms with Crippen molar-refractivity contribution in [3.05, 3.63) is 93.2 Å². The Bertz CT molecular complexity index is 2050. The number of phenolic OH excluding ortho intramolecular Hbond substituents is 5. The van der Waals surface area contributed by atoms with Gasteiger partial charge in [0, 0.05) is 47.0 Å². The van der Waals surface area contributed by atoms with Gasteiger partial charge in [0.1, 0.15) is 68.3 Å². The standard InChI is InChI=1S/C30H18O10/c31-15-4-1-13(2-5-15)23-11-22(37)29-26(39-23)12-20(35)27(30(29)38)17-7-14(3-6-18(17)33)24-10-21(36)28-19(34)8-16(32)9-25(28)40-24/h1-12,31-33,35-36,38H. The van der Waals surface area contributed by atoms with Gasteiger partial charge in [-0.15, -0.1) is 0 Å². The van der Waals surface area contributed by atoms with Gasteiger partial charge in [-0.3, -0.25) is 9.59 Å². The van der Waals surface area contributed by atoms with Crippen molar-refractivity contribution in [3.8, 4) is 79.6 Å². The predicted molar refractivity (Wildman–Crippen MR) is 144 cm³/mol. The third kappa shape index (κ3) is 3.91. The van der Waals surface area contributed by atoms with E-state index < -0.39 is 28.1 Å². The number of aromatic hydroxyl groups is 6. The molecule has 0 bridgehead atoms. The lowest BCUT2D eigenvalue weighted by Crippen LogP contribution is -2.04. The van der Waals surface area contributed by atoms with Crippen molar-refractivity contribution in [2.45, 2.75) is 0 Å². The molecule has 1 aliphatic heterocycles. The molecule has 0 amide bonds. The quantitative estimate of drug-likeness (QED) is 0.178. The summed E-state index contributed by atoms with van der Waals surface area (Å²) in [6, 6.07) is 15.5. The molecule has 10 nitrogen and oxygen atoms in total. The molecular weight excluding hydrogens is 520 g/mol. The molecule has 0 spiro atoms. The van der Waals surface area contributed by atoms with Crippen molar-refractivity contribution in [2.75, 3.05) is 0 Å². The molecule has 3 aromatic carbocycles. The summed E-state index contributed by atoms with van der Waals surface area (Å²) < 4.78 is 11.5. The van der Waals surface area contributed by atoms with Crippen LogP contribution in [-0.2, 0) is 0 Å². The van der Waals surface area contributed by atoms with E-state index in [-0.39, 0.29) is 67.8 Å². The molecule has 10 heteroatoms. The Balaban J connectivity index is 1.52. The van der Waals surface area contributed by atoms with E-state index in [9.17, 15) is 40.2 Å². The van der Waals surface area contributed by atoms with Crippen LogP contribution in [-0.4, -0.2) is 30.6 Å². The highest BCUT2D eigenvalue weighted by Gasteiger charge is 2.23. The summed E-state index contributed by atoms with van der Waals surface area (Å²) in [5.74, 6) is -2.18. The van der Waals surface area contributed by atoms with Gasteiger partial charge in [0.2, 0.25) is 0 Å². The van der Waals surface area contributed by atoms with E-state index in [0.717, 1.165) is 24.3 Å².